The van der Waals surface area contributed by atoms with Crippen LogP contribution in [0, 0.1) is 0 Å². The van der Waals surface area contributed by atoms with Crippen molar-refractivity contribution in [3.05, 3.63) is 47.0 Å². The Balaban J connectivity index is 1.56. The van der Waals surface area contributed by atoms with E-state index in [9.17, 15) is 19.8 Å². The number of thiazole rings is 1. The third kappa shape index (κ3) is 4.22. The van der Waals surface area contributed by atoms with Crippen molar-refractivity contribution in [2.75, 3.05) is 6.61 Å². The van der Waals surface area contributed by atoms with E-state index in [1.165, 1.54) is 16.7 Å². The zero-order valence-electron chi connectivity index (χ0n) is 13.3. The van der Waals surface area contributed by atoms with Crippen LogP contribution >= 0.6 is 23.1 Å². The molecular weight excluding hydrogens is 380 g/mol. The molecule has 0 aliphatic carbocycles. The molecule has 2 aromatic rings. The van der Waals surface area contributed by atoms with Crippen LogP contribution in [0.2, 0.25) is 0 Å². The second kappa shape index (κ2) is 8.14. The monoisotopic (exact) mass is 396 g/mol. The van der Waals surface area contributed by atoms with Gasteiger partial charge in [-0.05, 0) is 12.1 Å². The van der Waals surface area contributed by atoms with Gasteiger partial charge in [0.25, 0.3) is 5.91 Å². The van der Waals surface area contributed by atoms with Crippen LogP contribution in [0.3, 0.4) is 0 Å². The highest BCUT2D eigenvalue weighted by atomic mass is 32.2. The van der Waals surface area contributed by atoms with Gasteiger partial charge >= 0.3 is 5.97 Å². The largest absolute Gasteiger partial charge is 0.459 e. The molecule has 1 aromatic heterocycles. The highest BCUT2D eigenvalue weighted by molar-refractivity contribution is 8.01. The van der Waals surface area contributed by atoms with Crippen molar-refractivity contribution in [1.82, 2.24) is 4.98 Å². The molecule has 1 aromatic carbocycles. The summed E-state index contributed by atoms with van der Waals surface area (Å²) in [6.45, 7) is -0.201. The number of nitrogens with two attached hydrogens (primary N) is 1. The zero-order valence-corrected chi connectivity index (χ0v) is 15.0. The summed E-state index contributed by atoms with van der Waals surface area (Å²) in [5.74, 6) is -1.19. The fourth-order valence-electron chi connectivity index (χ4n) is 2.29. The summed E-state index contributed by atoms with van der Waals surface area (Å²) in [6.07, 6.45) is -3.28. The van der Waals surface area contributed by atoms with Gasteiger partial charge in [-0.15, -0.1) is 11.3 Å². The van der Waals surface area contributed by atoms with Crippen LogP contribution in [-0.2, 0) is 9.47 Å². The minimum Gasteiger partial charge on any atom is -0.459 e. The number of thioether (sulfide) groups is 1. The van der Waals surface area contributed by atoms with Crippen LogP contribution < -0.4 is 5.73 Å². The number of aliphatic hydroxyl groups is 2. The standard InChI is InChI=1S/C16H16N2O6S2/c17-13(21)9-7-25-16(18-9)26-15-12(20)11(19)10(24-15)6-23-14(22)8-4-2-1-3-5-8/h1-5,7,10-12,15,19-20H,6H2,(H2,17,21)/t10-,11-,12-,15+/m1/s1. The molecule has 0 saturated carbocycles. The molecule has 26 heavy (non-hydrogen) atoms. The minimum atomic E-state index is -1.22. The molecule has 1 aliphatic rings. The van der Waals surface area contributed by atoms with Crippen molar-refractivity contribution in [1.29, 1.82) is 0 Å². The molecule has 10 heteroatoms. The summed E-state index contributed by atoms with van der Waals surface area (Å²) < 4.78 is 11.2. The number of hydrogen-bond donors (Lipinski definition) is 3. The summed E-state index contributed by atoms with van der Waals surface area (Å²) in [5, 5.41) is 21.7. The first kappa shape index (κ1) is 18.8. The molecule has 1 amide bonds. The molecule has 4 atom stereocenters. The molecule has 0 bridgehead atoms. The van der Waals surface area contributed by atoms with Gasteiger partial charge in [0.1, 0.15) is 36.0 Å². The summed E-state index contributed by atoms with van der Waals surface area (Å²) in [7, 11) is 0. The van der Waals surface area contributed by atoms with Crippen molar-refractivity contribution in [3.8, 4) is 0 Å². The average Bonchev–Trinajstić information content (AvgIpc) is 3.21. The number of esters is 1. The molecular formula is C16H16N2O6S2. The van der Waals surface area contributed by atoms with Gasteiger partial charge < -0.3 is 25.4 Å². The SMILES string of the molecule is NC(=O)c1csc(S[C@@H]2O[C@H](COC(=O)c3ccccc3)[C@@H](O)[C@H]2O)n1. The number of carbonyl (C=O) groups is 2. The van der Waals surface area contributed by atoms with Gasteiger partial charge in [-0.1, -0.05) is 30.0 Å². The Kier molecular flexibility index (Phi) is 5.89. The van der Waals surface area contributed by atoms with Gasteiger partial charge in [0.05, 0.1) is 5.56 Å². The number of rotatable bonds is 6. The fraction of sp³-hybridized carbons (Fsp3) is 0.312. The molecule has 4 N–H and O–H groups in total. The molecule has 3 rings (SSSR count). The molecule has 0 spiro atoms. The Bertz CT molecular complexity index is 784. The molecule has 138 valence electrons. The number of carbonyl (C=O) groups excluding carboxylic acids is 2. The van der Waals surface area contributed by atoms with Crippen molar-refractivity contribution in [2.24, 2.45) is 5.73 Å². The first-order valence-electron chi connectivity index (χ1n) is 7.61. The normalized spacial score (nSPS) is 25.2. The quantitative estimate of drug-likeness (QED) is 0.606. The van der Waals surface area contributed by atoms with Crippen LogP contribution in [0.4, 0.5) is 0 Å². The van der Waals surface area contributed by atoms with Gasteiger partial charge in [0.15, 0.2) is 4.34 Å². The van der Waals surface area contributed by atoms with Gasteiger partial charge in [-0.3, -0.25) is 4.79 Å². The van der Waals surface area contributed by atoms with E-state index < -0.39 is 35.6 Å². The fourth-order valence-corrected chi connectivity index (χ4v) is 4.32. The Hall–Kier alpha value is -1.98. The Morgan fingerprint density at radius 3 is 2.65 bits per heavy atom. The highest BCUT2D eigenvalue weighted by Gasteiger charge is 2.44. The third-order valence-electron chi connectivity index (χ3n) is 3.66. The molecule has 1 saturated heterocycles. The lowest BCUT2D eigenvalue weighted by Crippen LogP contribution is -2.34. The van der Waals surface area contributed by atoms with Crippen LogP contribution in [0.25, 0.3) is 0 Å². The summed E-state index contributed by atoms with van der Waals surface area (Å²) >= 11 is 2.24. The van der Waals surface area contributed by atoms with Gasteiger partial charge in [-0.2, -0.15) is 0 Å². The Morgan fingerprint density at radius 2 is 2.00 bits per heavy atom. The van der Waals surface area contributed by atoms with Gasteiger partial charge in [-0.25, -0.2) is 9.78 Å². The summed E-state index contributed by atoms with van der Waals surface area (Å²) in [5.41, 5.74) is 4.85. The van der Waals surface area contributed by atoms with E-state index in [1.54, 1.807) is 30.3 Å². The average molecular weight is 396 g/mol. The smallest absolute Gasteiger partial charge is 0.338 e. The maximum atomic E-state index is 11.9. The number of hydrogen-bond acceptors (Lipinski definition) is 9. The third-order valence-corrected chi connectivity index (χ3v) is 5.79. The Morgan fingerprint density at radius 1 is 1.27 bits per heavy atom. The Labute approximate surface area is 156 Å². The van der Waals surface area contributed by atoms with E-state index in [4.69, 9.17) is 15.2 Å². The van der Waals surface area contributed by atoms with Gasteiger partial charge in [0.2, 0.25) is 0 Å². The van der Waals surface area contributed by atoms with E-state index >= 15 is 0 Å². The lowest BCUT2D eigenvalue weighted by molar-refractivity contribution is -0.0225. The first-order valence-corrected chi connectivity index (χ1v) is 9.37. The molecule has 1 aliphatic heterocycles. The number of nitrogens with zero attached hydrogens (tertiary/aromatic N) is 1. The van der Waals surface area contributed by atoms with E-state index in [2.05, 4.69) is 4.98 Å². The van der Waals surface area contributed by atoms with E-state index in [0.29, 0.717) is 9.90 Å². The number of benzene rings is 1. The predicted molar refractivity (Wildman–Crippen MR) is 93.9 cm³/mol. The zero-order chi connectivity index (χ0) is 18.7. The topological polar surface area (TPSA) is 132 Å². The number of ether oxygens (including phenoxy) is 2. The lowest BCUT2D eigenvalue weighted by Gasteiger charge is -2.14. The number of aromatic nitrogens is 1. The summed E-state index contributed by atoms with van der Waals surface area (Å²) in [4.78, 5) is 27.0. The van der Waals surface area contributed by atoms with Crippen molar-refractivity contribution in [2.45, 2.75) is 28.1 Å². The molecule has 1 fully saturated rings. The van der Waals surface area contributed by atoms with E-state index in [0.717, 1.165) is 11.8 Å². The van der Waals surface area contributed by atoms with Crippen LogP contribution in [0.5, 0.6) is 0 Å². The minimum absolute atomic E-state index is 0.124. The van der Waals surface area contributed by atoms with Crippen LogP contribution in [0.15, 0.2) is 40.1 Å². The van der Waals surface area contributed by atoms with E-state index in [-0.39, 0.29) is 12.3 Å². The maximum absolute atomic E-state index is 11.9. The number of amides is 1. The van der Waals surface area contributed by atoms with Crippen molar-refractivity contribution < 1.29 is 29.3 Å². The first-order chi connectivity index (χ1) is 12.5. The van der Waals surface area contributed by atoms with Crippen LogP contribution in [0.1, 0.15) is 20.8 Å². The second-order valence-corrected chi connectivity index (χ2v) is 7.67. The van der Waals surface area contributed by atoms with Gasteiger partial charge in [0, 0.05) is 5.38 Å². The molecule has 0 unspecified atom stereocenters. The van der Waals surface area contributed by atoms with Crippen molar-refractivity contribution >= 4 is 35.0 Å². The molecule has 0 radical (unpaired) electrons. The highest BCUT2D eigenvalue weighted by Crippen LogP contribution is 2.35. The summed E-state index contributed by atoms with van der Waals surface area (Å²) in [6, 6.07) is 8.42. The van der Waals surface area contributed by atoms with E-state index in [1.807, 2.05) is 0 Å². The van der Waals surface area contributed by atoms with Crippen molar-refractivity contribution in [3.63, 3.8) is 0 Å². The van der Waals surface area contributed by atoms with Crippen LogP contribution in [-0.4, -0.2) is 57.4 Å². The number of primary amides is 1. The predicted octanol–water partition coefficient (Wildman–Crippen LogP) is 0.638. The molecule has 2 heterocycles. The number of aliphatic hydroxyl groups excluding tert-OH is 2. The lowest BCUT2D eigenvalue weighted by atomic mass is 10.1. The maximum Gasteiger partial charge on any atom is 0.338 e. The molecule has 8 nitrogen and oxygen atoms in total. The second-order valence-electron chi connectivity index (χ2n) is 5.47.